The van der Waals surface area contributed by atoms with Crippen molar-refractivity contribution >= 4 is 38.6 Å². The van der Waals surface area contributed by atoms with Crippen LogP contribution in [-0.4, -0.2) is 54.7 Å². The van der Waals surface area contributed by atoms with Crippen molar-refractivity contribution < 1.29 is 5.11 Å². The van der Waals surface area contributed by atoms with Crippen LogP contribution in [0.3, 0.4) is 0 Å². The molecule has 4 rings (SSSR count). The van der Waals surface area contributed by atoms with Crippen LogP contribution in [-0.2, 0) is 6.54 Å². The van der Waals surface area contributed by atoms with Crippen LogP contribution in [0, 0.1) is 0 Å². The van der Waals surface area contributed by atoms with Crippen LogP contribution in [0.4, 0.5) is 16.9 Å². The number of anilines is 3. The third-order valence-electron chi connectivity index (χ3n) is 5.71. The third-order valence-corrected chi connectivity index (χ3v) is 6.61. The van der Waals surface area contributed by atoms with Crippen LogP contribution >= 0.6 is 11.3 Å². The second-order valence-corrected chi connectivity index (χ2v) is 9.32. The Bertz CT molecular complexity index is 967. The van der Waals surface area contributed by atoms with Crippen LogP contribution in [0.5, 0.6) is 0 Å². The average Bonchev–Trinajstić information content (AvgIpc) is 3.15. The van der Waals surface area contributed by atoms with Crippen LogP contribution in [0.1, 0.15) is 52.1 Å². The lowest BCUT2D eigenvalue weighted by atomic mass is 9.93. The lowest BCUT2D eigenvalue weighted by molar-refractivity contribution is 0.126. The minimum Gasteiger partial charge on any atom is -0.393 e. The van der Waals surface area contributed by atoms with Crippen molar-refractivity contribution in [1.82, 2.24) is 24.8 Å². The normalized spacial score (nSPS) is 19.3. The smallest absolute Gasteiger partial charge is 0.225 e. The fraction of sp³-hybridized carbons (Fsp3) is 0.545. The summed E-state index contributed by atoms with van der Waals surface area (Å²) in [5.41, 5.74) is 1.84. The van der Waals surface area contributed by atoms with Crippen molar-refractivity contribution in [2.45, 2.75) is 71.2 Å². The average molecular weight is 442 g/mol. The fourth-order valence-corrected chi connectivity index (χ4v) is 4.72. The summed E-state index contributed by atoms with van der Waals surface area (Å²) in [6.45, 7) is 8.28. The summed E-state index contributed by atoms with van der Waals surface area (Å²) in [5, 5.41) is 17.4. The predicted molar refractivity (Wildman–Crippen MR) is 126 cm³/mol. The molecule has 1 saturated carbocycles. The second-order valence-electron chi connectivity index (χ2n) is 8.35. The lowest BCUT2D eigenvalue weighted by Crippen LogP contribution is -2.31. The highest BCUT2D eigenvalue weighted by molar-refractivity contribution is 7.21. The molecule has 8 nitrogen and oxygen atoms in total. The van der Waals surface area contributed by atoms with Gasteiger partial charge < -0.3 is 15.7 Å². The summed E-state index contributed by atoms with van der Waals surface area (Å²) >= 11 is 1.51. The van der Waals surface area contributed by atoms with Crippen molar-refractivity contribution in [1.29, 1.82) is 0 Å². The molecular formula is C22H31N7OS. The Morgan fingerprint density at radius 1 is 1.19 bits per heavy atom. The van der Waals surface area contributed by atoms with Gasteiger partial charge in [-0.15, -0.1) is 0 Å². The van der Waals surface area contributed by atoms with Gasteiger partial charge in [-0.05, 0) is 58.2 Å². The molecule has 0 atom stereocenters. The van der Waals surface area contributed by atoms with Crippen molar-refractivity contribution in [3.05, 3.63) is 30.1 Å². The number of pyridine rings is 1. The Labute approximate surface area is 187 Å². The van der Waals surface area contributed by atoms with Gasteiger partial charge in [-0.2, -0.15) is 4.98 Å². The van der Waals surface area contributed by atoms with Crippen molar-refractivity contribution in [3.63, 3.8) is 0 Å². The van der Waals surface area contributed by atoms with E-state index in [1.165, 1.54) is 11.3 Å². The third kappa shape index (κ3) is 5.66. The van der Waals surface area contributed by atoms with Gasteiger partial charge >= 0.3 is 0 Å². The molecule has 1 fully saturated rings. The molecule has 0 bridgehead atoms. The minimum absolute atomic E-state index is 0.181. The first-order chi connectivity index (χ1) is 15.0. The van der Waals surface area contributed by atoms with E-state index in [1.807, 2.05) is 18.2 Å². The maximum Gasteiger partial charge on any atom is 0.225 e. The Morgan fingerprint density at radius 3 is 2.71 bits per heavy atom. The Hall–Kier alpha value is -2.36. The van der Waals surface area contributed by atoms with Crippen molar-refractivity contribution in [2.75, 3.05) is 17.2 Å². The Morgan fingerprint density at radius 2 is 2.00 bits per heavy atom. The van der Waals surface area contributed by atoms with Crippen LogP contribution < -0.4 is 10.6 Å². The molecule has 0 amide bonds. The van der Waals surface area contributed by atoms with E-state index in [2.05, 4.69) is 46.3 Å². The monoisotopic (exact) mass is 441 g/mol. The van der Waals surface area contributed by atoms with E-state index < -0.39 is 0 Å². The number of hydrogen-bond donors (Lipinski definition) is 3. The number of nitrogens with one attached hydrogen (secondary N) is 2. The zero-order valence-corrected chi connectivity index (χ0v) is 19.2. The molecule has 1 aliphatic rings. The highest BCUT2D eigenvalue weighted by atomic mass is 32.1. The van der Waals surface area contributed by atoms with Gasteiger partial charge in [0.15, 0.2) is 5.13 Å². The molecule has 0 radical (unpaired) electrons. The molecule has 3 N–H and O–H groups in total. The lowest BCUT2D eigenvalue weighted by Gasteiger charge is -2.27. The quantitative estimate of drug-likeness (QED) is 0.479. The topological polar surface area (TPSA) is 99.1 Å². The number of hydrogen-bond acceptors (Lipinski definition) is 9. The van der Waals surface area contributed by atoms with E-state index in [9.17, 15) is 5.11 Å². The van der Waals surface area contributed by atoms with Crippen LogP contribution in [0.2, 0.25) is 0 Å². The number of aromatic nitrogens is 4. The zero-order chi connectivity index (χ0) is 21.8. The van der Waals surface area contributed by atoms with Crippen LogP contribution in [0.15, 0.2) is 24.4 Å². The maximum atomic E-state index is 9.80. The summed E-state index contributed by atoms with van der Waals surface area (Å²) in [5.74, 6) is 1.35. The Kier molecular flexibility index (Phi) is 6.94. The number of rotatable bonds is 8. The molecular weight excluding hydrogens is 410 g/mol. The van der Waals surface area contributed by atoms with Crippen molar-refractivity contribution in [3.8, 4) is 0 Å². The van der Waals surface area contributed by atoms with Gasteiger partial charge in [0, 0.05) is 30.9 Å². The Balaban J connectivity index is 1.58. The molecule has 9 heteroatoms. The molecule has 0 unspecified atom stereocenters. The zero-order valence-electron chi connectivity index (χ0n) is 18.4. The summed E-state index contributed by atoms with van der Waals surface area (Å²) in [4.78, 5) is 21.8. The van der Waals surface area contributed by atoms with E-state index >= 15 is 0 Å². The van der Waals surface area contributed by atoms with Gasteiger partial charge in [-0.1, -0.05) is 18.3 Å². The SMILES string of the molecule is CCN(Cc1cc(Nc2nc3cccnc3s2)nc(N[C@H]2CC[C@H](O)CC2)n1)C(C)C. The highest BCUT2D eigenvalue weighted by Crippen LogP contribution is 2.27. The molecule has 0 aliphatic heterocycles. The van der Waals surface area contributed by atoms with Gasteiger partial charge in [0.1, 0.15) is 16.2 Å². The standard InChI is InChI=1S/C22H31N7OS/c1-4-29(14(2)3)13-16-12-19(28-22-26-18-6-5-11-23-20(18)31-22)27-21(25-16)24-15-7-9-17(30)10-8-15/h5-6,11-12,14-15,17,30H,4,7-10,13H2,1-3H3,(H2,24,25,26,27,28)/t15-,17-. The fourth-order valence-electron chi connectivity index (χ4n) is 3.91. The van der Waals surface area contributed by atoms with Gasteiger partial charge in [0.2, 0.25) is 5.95 Å². The maximum absolute atomic E-state index is 9.80. The highest BCUT2D eigenvalue weighted by Gasteiger charge is 2.21. The number of nitrogens with zero attached hydrogens (tertiary/aromatic N) is 5. The molecule has 0 saturated heterocycles. The molecule has 3 heterocycles. The van der Waals surface area contributed by atoms with Gasteiger partial charge in [-0.25, -0.2) is 15.0 Å². The van der Waals surface area contributed by atoms with E-state index in [0.29, 0.717) is 12.0 Å². The molecule has 31 heavy (non-hydrogen) atoms. The van der Waals surface area contributed by atoms with E-state index in [0.717, 1.165) is 65.8 Å². The summed E-state index contributed by atoms with van der Waals surface area (Å²) < 4.78 is 0. The minimum atomic E-state index is -0.181. The number of thiazole rings is 1. The molecule has 0 aromatic carbocycles. The van der Waals surface area contributed by atoms with Gasteiger partial charge in [0.05, 0.1) is 11.8 Å². The van der Waals surface area contributed by atoms with E-state index in [1.54, 1.807) is 6.20 Å². The van der Waals surface area contributed by atoms with Crippen molar-refractivity contribution in [2.24, 2.45) is 0 Å². The molecule has 0 spiro atoms. The molecule has 166 valence electrons. The summed E-state index contributed by atoms with van der Waals surface area (Å²) in [6.07, 6.45) is 5.08. The number of aliphatic hydroxyl groups is 1. The second kappa shape index (κ2) is 9.84. The van der Waals surface area contributed by atoms with Gasteiger partial charge in [0.25, 0.3) is 0 Å². The summed E-state index contributed by atoms with van der Waals surface area (Å²) in [6, 6.07) is 6.57. The molecule has 1 aliphatic carbocycles. The van der Waals surface area contributed by atoms with E-state index in [-0.39, 0.29) is 12.1 Å². The first-order valence-electron chi connectivity index (χ1n) is 11.1. The van der Waals surface area contributed by atoms with Crippen LogP contribution in [0.25, 0.3) is 10.3 Å². The number of aliphatic hydroxyl groups excluding tert-OH is 1. The first kappa shape index (κ1) is 21.9. The first-order valence-corrected chi connectivity index (χ1v) is 11.9. The molecule has 3 aromatic heterocycles. The molecule has 3 aromatic rings. The predicted octanol–water partition coefficient (Wildman–Crippen LogP) is 4.17. The van der Waals surface area contributed by atoms with E-state index in [4.69, 9.17) is 9.97 Å². The number of fused-ring (bicyclic) bond motifs is 1. The van der Waals surface area contributed by atoms with Gasteiger partial charge in [-0.3, -0.25) is 4.90 Å². The largest absolute Gasteiger partial charge is 0.393 e. The summed E-state index contributed by atoms with van der Waals surface area (Å²) in [7, 11) is 0.